The van der Waals surface area contributed by atoms with Crippen molar-refractivity contribution >= 4 is 11.6 Å². The molecule has 1 aliphatic rings. The highest BCUT2D eigenvalue weighted by Gasteiger charge is 2.31. The Balaban J connectivity index is 2.30. The highest BCUT2D eigenvalue weighted by molar-refractivity contribution is 5.99. The van der Waals surface area contributed by atoms with Gasteiger partial charge in [0.15, 0.2) is 6.10 Å². The van der Waals surface area contributed by atoms with Crippen molar-refractivity contribution in [1.29, 1.82) is 0 Å². The Bertz CT molecular complexity index is 474. The van der Waals surface area contributed by atoms with Crippen molar-refractivity contribution in [2.45, 2.75) is 19.6 Å². The summed E-state index contributed by atoms with van der Waals surface area (Å²) in [6.07, 6.45) is -0.442. The summed E-state index contributed by atoms with van der Waals surface area (Å²) in [6, 6.07) is 5.77. The molecular weight excluding hydrogens is 242 g/mol. The highest BCUT2D eigenvalue weighted by Crippen LogP contribution is 2.34. The maximum Gasteiger partial charge on any atom is 0.267 e. The van der Waals surface area contributed by atoms with Gasteiger partial charge in [0.1, 0.15) is 5.75 Å². The second-order valence-electron chi connectivity index (χ2n) is 5.06. The Morgan fingerprint density at radius 3 is 2.79 bits per heavy atom. The zero-order valence-corrected chi connectivity index (χ0v) is 11.7. The van der Waals surface area contributed by atoms with Crippen molar-refractivity contribution in [3.05, 3.63) is 23.8 Å². The summed E-state index contributed by atoms with van der Waals surface area (Å²) < 4.78 is 5.66. The monoisotopic (exact) mass is 263 g/mol. The van der Waals surface area contributed by atoms with Crippen LogP contribution in [0.2, 0.25) is 0 Å². The molecule has 1 atom stereocenters. The minimum Gasteiger partial charge on any atom is -0.479 e. The topological polar surface area (TPSA) is 58.8 Å². The molecule has 0 radical (unpaired) electrons. The molecule has 1 amide bonds. The molecule has 0 saturated carbocycles. The first-order valence-corrected chi connectivity index (χ1v) is 6.48. The predicted molar refractivity (Wildman–Crippen MR) is 75.3 cm³/mol. The number of fused-ring (bicyclic) bond motifs is 1. The van der Waals surface area contributed by atoms with Gasteiger partial charge in [0.2, 0.25) is 0 Å². The standard InChI is InChI=1S/C14H21N3O2/c1-10-14(18)17(7-6-16(2)3)12-5-4-11(9-15)8-13(12)19-10/h4-5,8,10H,6-7,9,15H2,1-3H3. The van der Waals surface area contributed by atoms with Gasteiger partial charge in [-0.05, 0) is 38.7 Å². The van der Waals surface area contributed by atoms with Crippen LogP contribution in [0.4, 0.5) is 5.69 Å². The largest absolute Gasteiger partial charge is 0.479 e. The van der Waals surface area contributed by atoms with E-state index in [2.05, 4.69) is 4.90 Å². The van der Waals surface area contributed by atoms with E-state index in [-0.39, 0.29) is 5.91 Å². The van der Waals surface area contributed by atoms with E-state index < -0.39 is 6.10 Å². The Morgan fingerprint density at radius 1 is 1.42 bits per heavy atom. The lowest BCUT2D eigenvalue weighted by atomic mass is 10.1. The first-order chi connectivity index (χ1) is 9.02. The van der Waals surface area contributed by atoms with Gasteiger partial charge in [-0.3, -0.25) is 4.79 Å². The van der Waals surface area contributed by atoms with Gasteiger partial charge >= 0.3 is 0 Å². The number of ether oxygens (including phenoxy) is 1. The molecule has 2 N–H and O–H groups in total. The van der Waals surface area contributed by atoms with Gasteiger partial charge in [-0.25, -0.2) is 0 Å². The third-order valence-corrected chi connectivity index (χ3v) is 3.24. The number of hydrogen-bond acceptors (Lipinski definition) is 4. The van der Waals surface area contributed by atoms with E-state index in [4.69, 9.17) is 10.5 Å². The first kappa shape index (κ1) is 13.8. The minimum atomic E-state index is -0.442. The molecule has 0 spiro atoms. The molecule has 1 aromatic carbocycles. The zero-order valence-electron chi connectivity index (χ0n) is 11.7. The molecule has 0 fully saturated rings. The van der Waals surface area contributed by atoms with Crippen LogP contribution < -0.4 is 15.4 Å². The molecule has 1 aliphatic heterocycles. The van der Waals surface area contributed by atoms with Crippen molar-refractivity contribution in [1.82, 2.24) is 4.90 Å². The summed E-state index contributed by atoms with van der Waals surface area (Å²) in [5.74, 6) is 0.753. The van der Waals surface area contributed by atoms with Crippen molar-refractivity contribution < 1.29 is 9.53 Å². The number of rotatable bonds is 4. The van der Waals surface area contributed by atoms with E-state index in [0.29, 0.717) is 13.1 Å². The summed E-state index contributed by atoms with van der Waals surface area (Å²) in [4.78, 5) is 16.1. The Morgan fingerprint density at radius 2 is 2.16 bits per heavy atom. The van der Waals surface area contributed by atoms with Gasteiger partial charge in [-0.2, -0.15) is 0 Å². The molecule has 1 aromatic rings. The van der Waals surface area contributed by atoms with Crippen LogP contribution in [0.3, 0.4) is 0 Å². The van der Waals surface area contributed by atoms with Crippen LogP contribution in [-0.2, 0) is 11.3 Å². The molecule has 19 heavy (non-hydrogen) atoms. The Hall–Kier alpha value is -1.59. The normalized spacial score (nSPS) is 18.5. The van der Waals surface area contributed by atoms with Crippen molar-refractivity contribution in [2.24, 2.45) is 5.73 Å². The molecule has 5 heteroatoms. The maximum absolute atomic E-state index is 12.2. The lowest BCUT2D eigenvalue weighted by Crippen LogP contribution is -2.46. The number of likely N-dealkylation sites (N-methyl/N-ethyl adjacent to an activating group) is 1. The molecule has 0 aromatic heterocycles. The van der Waals surface area contributed by atoms with Crippen LogP contribution in [0.25, 0.3) is 0 Å². The number of nitrogens with zero attached hydrogens (tertiary/aromatic N) is 2. The molecule has 5 nitrogen and oxygen atoms in total. The van der Waals surface area contributed by atoms with Gasteiger partial charge < -0.3 is 20.3 Å². The zero-order chi connectivity index (χ0) is 14.0. The van der Waals surface area contributed by atoms with Gasteiger partial charge in [-0.1, -0.05) is 6.07 Å². The quantitative estimate of drug-likeness (QED) is 0.874. The maximum atomic E-state index is 12.2. The van der Waals surface area contributed by atoms with E-state index in [9.17, 15) is 4.79 Å². The SMILES string of the molecule is CC1Oc2cc(CN)ccc2N(CCN(C)C)C1=O. The van der Waals surface area contributed by atoms with Crippen LogP contribution in [0, 0.1) is 0 Å². The van der Waals surface area contributed by atoms with Crippen LogP contribution in [0.5, 0.6) is 5.75 Å². The molecular formula is C14H21N3O2. The Labute approximate surface area is 113 Å². The highest BCUT2D eigenvalue weighted by atomic mass is 16.5. The number of nitrogens with two attached hydrogens (primary N) is 1. The van der Waals surface area contributed by atoms with E-state index in [1.807, 2.05) is 32.3 Å². The van der Waals surface area contributed by atoms with Crippen LogP contribution >= 0.6 is 0 Å². The summed E-state index contributed by atoms with van der Waals surface area (Å²) in [6.45, 7) is 3.73. The molecule has 2 rings (SSSR count). The average Bonchev–Trinajstić information content (AvgIpc) is 2.38. The second-order valence-corrected chi connectivity index (χ2v) is 5.06. The number of hydrogen-bond donors (Lipinski definition) is 1. The smallest absolute Gasteiger partial charge is 0.267 e. The number of carbonyl (C=O) groups excluding carboxylic acids is 1. The molecule has 0 aliphatic carbocycles. The van der Waals surface area contributed by atoms with Gasteiger partial charge in [-0.15, -0.1) is 0 Å². The minimum absolute atomic E-state index is 0.00912. The molecule has 1 heterocycles. The number of benzene rings is 1. The average molecular weight is 263 g/mol. The van der Waals surface area contributed by atoms with Crippen LogP contribution in [0.1, 0.15) is 12.5 Å². The lowest BCUT2D eigenvalue weighted by molar-refractivity contribution is -0.125. The third kappa shape index (κ3) is 2.88. The number of amides is 1. The first-order valence-electron chi connectivity index (χ1n) is 6.48. The van der Waals surface area contributed by atoms with E-state index in [0.717, 1.165) is 23.5 Å². The lowest BCUT2D eigenvalue weighted by Gasteiger charge is -2.34. The summed E-state index contributed by atoms with van der Waals surface area (Å²) >= 11 is 0. The fourth-order valence-corrected chi connectivity index (χ4v) is 2.11. The number of carbonyl (C=O) groups is 1. The van der Waals surface area contributed by atoms with Crippen LogP contribution in [0.15, 0.2) is 18.2 Å². The summed E-state index contributed by atoms with van der Waals surface area (Å²) in [7, 11) is 3.99. The van der Waals surface area contributed by atoms with E-state index in [1.54, 1.807) is 11.8 Å². The van der Waals surface area contributed by atoms with Gasteiger partial charge in [0, 0.05) is 19.6 Å². The summed E-state index contributed by atoms with van der Waals surface area (Å²) in [5, 5.41) is 0. The van der Waals surface area contributed by atoms with Crippen LogP contribution in [-0.4, -0.2) is 44.1 Å². The number of anilines is 1. The van der Waals surface area contributed by atoms with Crippen molar-refractivity contribution in [3.8, 4) is 5.75 Å². The Kier molecular flexibility index (Phi) is 4.07. The molecule has 1 unspecified atom stereocenters. The predicted octanol–water partition coefficient (Wildman–Crippen LogP) is 0.821. The third-order valence-electron chi connectivity index (χ3n) is 3.24. The fourth-order valence-electron chi connectivity index (χ4n) is 2.11. The van der Waals surface area contributed by atoms with Crippen molar-refractivity contribution in [2.75, 3.05) is 32.1 Å². The summed E-state index contributed by atoms with van der Waals surface area (Å²) in [5.41, 5.74) is 7.48. The fraction of sp³-hybridized carbons (Fsp3) is 0.500. The van der Waals surface area contributed by atoms with Gasteiger partial charge in [0.25, 0.3) is 5.91 Å². The van der Waals surface area contributed by atoms with E-state index >= 15 is 0 Å². The van der Waals surface area contributed by atoms with E-state index in [1.165, 1.54) is 0 Å². The molecule has 0 saturated heterocycles. The van der Waals surface area contributed by atoms with Gasteiger partial charge in [0.05, 0.1) is 5.69 Å². The van der Waals surface area contributed by atoms with Crippen molar-refractivity contribution in [3.63, 3.8) is 0 Å². The molecule has 104 valence electrons. The molecule has 0 bridgehead atoms. The second kappa shape index (κ2) is 5.59.